The lowest BCUT2D eigenvalue weighted by Gasteiger charge is -2.15. The highest BCUT2D eigenvalue weighted by Crippen LogP contribution is 2.48. The minimum Gasteiger partial charge on any atom is -0.385 e. The first-order chi connectivity index (χ1) is 10.1. The van der Waals surface area contributed by atoms with Crippen LogP contribution < -0.4 is 16.4 Å². The Morgan fingerprint density at radius 1 is 1.52 bits per heavy atom. The highest BCUT2D eigenvalue weighted by Gasteiger charge is 2.42. The lowest BCUT2D eigenvalue weighted by Crippen LogP contribution is -2.30. The molecule has 1 fully saturated rings. The van der Waals surface area contributed by atoms with Gasteiger partial charge in [-0.15, -0.1) is 0 Å². The van der Waals surface area contributed by atoms with E-state index in [1.807, 2.05) is 0 Å². The Bertz CT molecular complexity index is 485. The van der Waals surface area contributed by atoms with Crippen molar-refractivity contribution in [3.63, 3.8) is 0 Å². The van der Waals surface area contributed by atoms with Gasteiger partial charge in [-0.05, 0) is 31.1 Å². The Hall–Kier alpha value is -1.34. The molecule has 0 saturated heterocycles. The van der Waals surface area contributed by atoms with E-state index in [4.69, 9.17) is 10.5 Å². The highest BCUT2D eigenvalue weighted by molar-refractivity contribution is 7.18. The molecule has 21 heavy (non-hydrogen) atoms. The predicted octanol–water partition coefficient (Wildman–Crippen LogP) is 2.09. The molecule has 0 radical (unpaired) electrons. The summed E-state index contributed by atoms with van der Waals surface area (Å²) >= 11 is 1.31. The minimum atomic E-state index is -0.127. The average molecular weight is 312 g/mol. The van der Waals surface area contributed by atoms with Crippen molar-refractivity contribution in [2.75, 3.05) is 37.9 Å². The van der Waals surface area contributed by atoms with Gasteiger partial charge in [-0.1, -0.05) is 18.3 Å². The van der Waals surface area contributed by atoms with E-state index in [0.717, 1.165) is 38.8 Å². The molecule has 1 aromatic rings. The number of aromatic nitrogens is 1. The van der Waals surface area contributed by atoms with Crippen LogP contribution in [0.3, 0.4) is 0 Å². The maximum Gasteiger partial charge on any atom is 0.265 e. The molecule has 0 bridgehead atoms. The van der Waals surface area contributed by atoms with Crippen LogP contribution in [0.15, 0.2) is 0 Å². The number of methoxy groups -OCH3 is 1. The van der Waals surface area contributed by atoms with Crippen molar-refractivity contribution < 1.29 is 9.53 Å². The molecule has 1 saturated carbocycles. The average Bonchev–Trinajstić information content (AvgIpc) is 3.16. The molecule has 2 rings (SSSR count). The number of nitrogens with zero attached hydrogens (tertiary/aromatic N) is 1. The molecule has 118 valence electrons. The molecule has 4 N–H and O–H groups in total. The molecule has 1 aromatic heterocycles. The maximum absolute atomic E-state index is 12.2. The number of anilines is 2. The van der Waals surface area contributed by atoms with Crippen molar-refractivity contribution in [1.82, 2.24) is 10.3 Å². The Morgan fingerprint density at radius 2 is 2.29 bits per heavy atom. The number of thiazole rings is 1. The fraction of sp³-hybridized carbons (Fsp3) is 0.714. The second-order valence-electron chi connectivity index (χ2n) is 5.59. The lowest BCUT2D eigenvalue weighted by molar-refractivity contribution is 0.0942. The van der Waals surface area contributed by atoms with Crippen LogP contribution in [0, 0.1) is 5.41 Å². The minimum absolute atomic E-state index is 0.127. The number of nitrogen functional groups attached to an aromatic ring is 1. The standard InChI is InChI=1S/C14H24N4O2S/c1-3-7-16-13-18-11(15)10(21-13)12(19)17-9-14(4-5-14)6-8-20-2/h3-9,15H2,1-2H3,(H,16,18)(H,17,19). The largest absolute Gasteiger partial charge is 0.385 e. The normalized spacial score (nSPS) is 15.7. The number of rotatable bonds is 9. The summed E-state index contributed by atoms with van der Waals surface area (Å²) < 4.78 is 5.12. The van der Waals surface area contributed by atoms with Crippen molar-refractivity contribution in [3.8, 4) is 0 Å². The van der Waals surface area contributed by atoms with E-state index in [0.29, 0.717) is 22.4 Å². The lowest BCUT2D eigenvalue weighted by atomic mass is 10.0. The molecular weight excluding hydrogens is 288 g/mol. The smallest absolute Gasteiger partial charge is 0.265 e. The van der Waals surface area contributed by atoms with Gasteiger partial charge in [0.15, 0.2) is 5.13 Å². The van der Waals surface area contributed by atoms with Crippen LogP contribution in [0.25, 0.3) is 0 Å². The van der Waals surface area contributed by atoms with Crippen LogP contribution in [-0.4, -0.2) is 37.7 Å². The van der Waals surface area contributed by atoms with Crippen molar-refractivity contribution >= 4 is 28.2 Å². The molecule has 1 aliphatic rings. The van der Waals surface area contributed by atoms with Gasteiger partial charge in [-0.3, -0.25) is 4.79 Å². The second kappa shape index (κ2) is 7.09. The molecule has 1 amide bonds. The van der Waals surface area contributed by atoms with E-state index in [9.17, 15) is 4.79 Å². The van der Waals surface area contributed by atoms with Gasteiger partial charge < -0.3 is 21.1 Å². The monoisotopic (exact) mass is 312 g/mol. The first-order valence-corrected chi connectivity index (χ1v) is 8.19. The topological polar surface area (TPSA) is 89.3 Å². The molecule has 0 atom stereocenters. The van der Waals surface area contributed by atoms with E-state index in [-0.39, 0.29) is 11.3 Å². The summed E-state index contributed by atoms with van der Waals surface area (Å²) in [6.07, 6.45) is 4.30. The summed E-state index contributed by atoms with van der Waals surface area (Å²) in [5.74, 6) is 0.177. The zero-order chi connectivity index (χ0) is 15.3. The number of carbonyl (C=O) groups is 1. The van der Waals surface area contributed by atoms with E-state index in [1.54, 1.807) is 7.11 Å². The fourth-order valence-electron chi connectivity index (χ4n) is 2.16. The molecule has 1 heterocycles. The van der Waals surface area contributed by atoms with Crippen LogP contribution >= 0.6 is 11.3 Å². The first-order valence-electron chi connectivity index (χ1n) is 7.37. The zero-order valence-electron chi connectivity index (χ0n) is 12.7. The van der Waals surface area contributed by atoms with Gasteiger partial charge in [0.1, 0.15) is 10.7 Å². The Labute approximate surface area is 129 Å². The molecule has 0 spiro atoms. The SMILES string of the molecule is CCCNc1nc(N)c(C(=O)NCC2(CCOC)CC2)s1. The van der Waals surface area contributed by atoms with E-state index >= 15 is 0 Å². The third kappa shape index (κ3) is 4.31. The zero-order valence-corrected chi connectivity index (χ0v) is 13.5. The Kier molecular flexibility index (Phi) is 5.41. The van der Waals surface area contributed by atoms with Crippen molar-refractivity contribution in [1.29, 1.82) is 0 Å². The van der Waals surface area contributed by atoms with Gasteiger partial charge in [-0.25, -0.2) is 4.98 Å². The summed E-state index contributed by atoms with van der Waals surface area (Å²) in [6.45, 7) is 4.33. The Morgan fingerprint density at radius 3 is 2.90 bits per heavy atom. The molecule has 0 aliphatic heterocycles. The van der Waals surface area contributed by atoms with Crippen LogP contribution in [0.5, 0.6) is 0 Å². The number of ether oxygens (including phenoxy) is 1. The van der Waals surface area contributed by atoms with Crippen LogP contribution in [0.4, 0.5) is 10.9 Å². The van der Waals surface area contributed by atoms with Gasteiger partial charge in [0, 0.05) is 26.8 Å². The van der Waals surface area contributed by atoms with Gasteiger partial charge in [0.05, 0.1) is 0 Å². The third-order valence-corrected chi connectivity index (χ3v) is 4.83. The maximum atomic E-state index is 12.2. The van der Waals surface area contributed by atoms with E-state index < -0.39 is 0 Å². The number of hydrogen-bond donors (Lipinski definition) is 3. The molecule has 7 heteroatoms. The van der Waals surface area contributed by atoms with Gasteiger partial charge in [-0.2, -0.15) is 0 Å². The van der Waals surface area contributed by atoms with E-state index in [1.165, 1.54) is 11.3 Å². The first kappa shape index (κ1) is 16.0. The number of carbonyl (C=O) groups excluding carboxylic acids is 1. The molecule has 1 aliphatic carbocycles. The summed E-state index contributed by atoms with van der Waals surface area (Å²) in [5, 5.41) is 6.85. The number of hydrogen-bond acceptors (Lipinski definition) is 6. The van der Waals surface area contributed by atoms with Gasteiger partial charge in [0.25, 0.3) is 5.91 Å². The molecular formula is C14H24N4O2S. The molecule has 6 nitrogen and oxygen atoms in total. The molecule has 0 aromatic carbocycles. The summed E-state index contributed by atoms with van der Waals surface area (Å²) in [6, 6.07) is 0. The van der Waals surface area contributed by atoms with Crippen molar-refractivity contribution in [3.05, 3.63) is 4.88 Å². The highest BCUT2D eigenvalue weighted by atomic mass is 32.1. The van der Waals surface area contributed by atoms with Crippen LogP contribution in [-0.2, 0) is 4.74 Å². The van der Waals surface area contributed by atoms with Crippen molar-refractivity contribution in [2.24, 2.45) is 5.41 Å². The van der Waals surface area contributed by atoms with Crippen molar-refractivity contribution in [2.45, 2.75) is 32.6 Å². The third-order valence-electron chi connectivity index (χ3n) is 3.80. The van der Waals surface area contributed by atoms with Crippen LogP contribution in [0.2, 0.25) is 0 Å². The number of nitrogens with one attached hydrogen (secondary N) is 2. The van der Waals surface area contributed by atoms with Crippen LogP contribution in [0.1, 0.15) is 42.3 Å². The van der Waals surface area contributed by atoms with Gasteiger partial charge >= 0.3 is 0 Å². The predicted molar refractivity (Wildman–Crippen MR) is 85.8 cm³/mol. The Balaban J connectivity index is 1.87. The second-order valence-corrected chi connectivity index (χ2v) is 6.58. The van der Waals surface area contributed by atoms with Gasteiger partial charge in [0.2, 0.25) is 0 Å². The number of amides is 1. The quantitative estimate of drug-likeness (QED) is 0.650. The summed E-state index contributed by atoms with van der Waals surface area (Å²) in [4.78, 5) is 16.9. The van der Waals surface area contributed by atoms with E-state index in [2.05, 4.69) is 22.5 Å². The fourth-order valence-corrected chi connectivity index (χ4v) is 2.99. The summed E-state index contributed by atoms with van der Waals surface area (Å²) in [5.41, 5.74) is 6.06. The molecule has 0 unspecified atom stereocenters. The number of nitrogens with two attached hydrogens (primary N) is 1. The summed E-state index contributed by atoms with van der Waals surface area (Å²) in [7, 11) is 1.71.